The maximum absolute atomic E-state index is 12.0. The predicted octanol–water partition coefficient (Wildman–Crippen LogP) is 5.66. The van der Waals surface area contributed by atoms with Gasteiger partial charge in [0.1, 0.15) is 23.3 Å². The average molecular weight is 557 g/mol. The topological polar surface area (TPSA) is 106 Å². The molecule has 2 aromatic carbocycles. The molecule has 5 rings (SSSR count). The minimum Gasteiger partial charge on any atom is -0.494 e. The number of anilines is 2. The van der Waals surface area contributed by atoms with Crippen LogP contribution >= 0.6 is 12.2 Å². The number of carbonyl (C=O) groups excluding carboxylic acids is 2. The fourth-order valence-electron chi connectivity index (χ4n) is 4.65. The number of esters is 1. The molecule has 0 saturated carbocycles. The Morgan fingerprint density at radius 3 is 2.55 bits per heavy atom. The highest BCUT2D eigenvalue weighted by Gasteiger charge is 2.42. The Bertz CT molecular complexity index is 1540. The molecule has 204 valence electrons. The van der Waals surface area contributed by atoms with E-state index in [1.54, 1.807) is 38.4 Å². The Kier molecular flexibility index (Phi) is 7.79. The lowest BCUT2D eigenvalue weighted by Crippen LogP contribution is -2.29. The molecular weight excluding hydrogens is 528 g/mol. The average Bonchev–Trinajstić information content (AvgIpc) is 3.62. The third-order valence-electron chi connectivity index (χ3n) is 6.67. The molecule has 2 aromatic heterocycles. The van der Waals surface area contributed by atoms with Gasteiger partial charge in [-0.15, -0.1) is 0 Å². The highest BCUT2D eigenvalue weighted by Crippen LogP contribution is 2.44. The second kappa shape index (κ2) is 11.6. The Balaban J connectivity index is 1.54. The lowest BCUT2D eigenvalue weighted by molar-refractivity contribution is -0.115. The summed E-state index contributed by atoms with van der Waals surface area (Å²) in [7, 11) is 2.91. The van der Waals surface area contributed by atoms with Gasteiger partial charge in [0.15, 0.2) is 5.11 Å². The number of nitrogens with zero attached hydrogens (tertiary/aromatic N) is 2. The normalized spacial score (nSPS) is 16.4. The zero-order chi connectivity index (χ0) is 28.2. The van der Waals surface area contributed by atoms with Gasteiger partial charge in [0.25, 0.3) is 0 Å². The molecule has 0 radical (unpaired) electrons. The molecule has 1 saturated heterocycles. The Morgan fingerprint density at radius 1 is 1.07 bits per heavy atom. The van der Waals surface area contributed by atoms with Gasteiger partial charge in [-0.25, -0.2) is 4.79 Å². The van der Waals surface area contributed by atoms with E-state index in [0.717, 1.165) is 16.9 Å². The molecule has 2 atom stereocenters. The largest absolute Gasteiger partial charge is 0.494 e. The minimum atomic E-state index is -0.401. The molecular formula is C30H28N4O5S. The zero-order valence-electron chi connectivity index (χ0n) is 22.2. The number of thiocarbonyl (C=S) groups is 1. The number of nitrogens with one attached hydrogen (secondary N) is 2. The van der Waals surface area contributed by atoms with Gasteiger partial charge in [-0.3, -0.25) is 9.78 Å². The molecule has 2 unspecified atom stereocenters. The zero-order valence-corrected chi connectivity index (χ0v) is 23.0. The van der Waals surface area contributed by atoms with Crippen LogP contribution in [-0.4, -0.2) is 36.2 Å². The summed E-state index contributed by atoms with van der Waals surface area (Å²) in [4.78, 5) is 30.4. The van der Waals surface area contributed by atoms with Crippen molar-refractivity contribution in [2.24, 2.45) is 0 Å². The summed E-state index contributed by atoms with van der Waals surface area (Å²) in [5.74, 6) is 1.30. The maximum atomic E-state index is 12.0. The summed E-state index contributed by atoms with van der Waals surface area (Å²) in [6.07, 6.45) is 2.09. The summed E-state index contributed by atoms with van der Waals surface area (Å²) in [5.41, 5.74) is 3.40. The molecule has 10 heteroatoms. The quantitative estimate of drug-likeness (QED) is 0.210. The third kappa shape index (κ3) is 5.26. The number of methoxy groups -OCH3 is 2. The first kappa shape index (κ1) is 26.9. The number of amides is 1. The summed E-state index contributed by atoms with van der Waals surface area (Å²) >= 11 is 5.82. The van der Waals surface area contributed by atoms with E-state index >= 15 is 0 Å². The molecule has 4 aromatic rings. The predicted molar refractivity (Wildman–Crippen MR) is 155 cm³/mol. The van der Waals surface area contributed by atoms with Crippen LogP contribution in [0.1, 0.15) is 47.2 Å². The van der Waals surface area contributed by atoms with E-state index in [1.165, 1.54) is 7.11 Å². The number of pyridine rings is 1. The molecule has 9 nitrogen and oxygen atoms in total. The molecule has 1 aliphatic heterocycles. The SMILES string of the molecule is CCC(=O)Nc1ccc(N2C(=S)NC(c3ccccn3)C2c2ccc(-c3ccc(C(=O)OC)cc3)o2)cc1OC. The van der Waals surface area contributed by atoms with Crippen LogP contribution in [0.2, 0.25) is 0 Å². The number of hydrogen-bond donors (Lipinski definition) is 2. The molecule has 1 fully saturated rings. The molecule has 0 bridgehead atoms. The van der Waals surface area contributed by atoms with Gasteiger partial charge < -0.3 is 29.4 Å². The van der Waals surface area contributed by atoms with Crippen molar-refractivity contribution >= 4 is 40.6 Å². The minimum absolute atomic E-state index is 0.111. The number of aromatic nitrogens is 1. The summed E-state index contributed by atoms with van der Waals surface area (Å²) in [6.45, 7) is 1.79. The van der Waals surface area contributed by atoms with Gasteiger partial charge in [0.2, 0.25) is 5.91 Å². The second-order valence-corrected chi connectivity index (χ2v) is 9.44. The molecule has 3 heterocycles. The van der Waals surface area contributed by atoms with Gasteiger partial charge in [0.05, 0.1) is 37.2 Å². The van der Waals surface area contributed by atoms with Crippen molar-refractivity contribution in [2.75, 3.05) is 24.4 Å². The lowest BCUT2D eigenvalue weighted by atomic mass is 10.0. The first-order valence-electron chi connectivity index (χ1n) is 12.7. The Morgan fingerprint density at radius 2 is 1.88 bits per heavy atom. The van der Waals surface area contributed by atoms with E-state index in [0.29, 0.717) is 40.1 Å². The molecule has 1 amide bonds. The monoisotopic (exact) mass is 556 g/mol. The molecule has 40 heavy (non-hydrogen) atoms. The smallest absolute Gasteiger partial charge is 0.337 e. The lowest BCUT2D eigenvalue weighted by Gasteiger charge is -2.27. The fourth-order valence-corrected chi connectivity index (χ4v) is 4.99. The van der Waals surface area contributed by atoms with Crippen LogP contribution < -0.4 is 20.3 Å². The van der Waals surface area contributed by atoms with Crippen LogP contribution in [0.25, 0.3) is 11.3 Å². The number of carbonyl (C=O) groups is 2. The van der Waals surface area contributed by atoms with Crippen LogP contribution in [0.4, 0.5) is 11.4 Å². The van der Waals surface area contributed by atoms with E-state index in [9.17, 15) is 9.59 Å². The highest BCUT2D eigenvalue weighted by molar-refractivity contribution is 7.80. The number of rotatable bonds is 8. The van der Waals surface area contributed by atoms with Crippen LogP contribution in [-0.2, 0) is 9.53 Å². The second-order valence-electron chi connectivity index (χ2n) is 9.05. The Labute approximate surface area is 237 Å². The van der Waals surface area contributed by atoms with Crippen molar-refractivity contribution in [3.05, 3.63) is 96.0 Å². The maximum Gasteiger partial charge on any atom is 0.337 e. The van der Waals surface area contributed by atoms with Gasteiger partial charge >= 0.3 is 5.97 Å². The van der Waals surface area contributed by atoms with Crippen LogP contribution in [0.5, 0.6) is 5.75 Å². The van der Waals surface area contributed by atoms with Gasteiger partial charge in [-0.05, 0) is 60.7 Å². The van der Waals surface area contributed by atoms with E-state index in [1.807, 2.05) is 59.5 Å². The number of hydrogen-bond acceptors (Lipinski definition) is 7. The first-order chi connectivity index (χ1) is 19.4. The number of furan rings is 1. The third-order valence-corrected chi connectivity index (χ3v) is 6.98. The van der Waals surface area contributed by atoms with E-state index < -0.39 is 5.97 Å². The van der Waals surface area contributed by atoms with Gasteiger partial charge in [0, 0.05) is 29.9 Å². The van der Waals surface area contributed by atoms with E-state index in [2.05, 4.69) is 15.6 Å². The molecule has 1 aliphatic rings. The van der Waals surface area contributed by atoms with Crippen molar-refractivity contribution < 1.29 is 23.5 Å². The molecule has 2 N–H and O–H groups in total. The van der Waals surface area contributed by atoms with Crippen LogP contribution in [0, 0.1) is 0 Å². The van der Waals surface area contributed by atoms with Gasteiger partial charge in [-0.2, -0.15) is 0 Å². The summed E-state index contributed by atoms with van der Waals surface area (Å²) in [5, 5.41) is 6.77. The number of benzene rings is 2. The van der Waals surface area contributed by atoms with E-state index in [4.69, 9.17) is 26.1 Å². The standard InChI is InChI=1S/C30H28N4O5S/c1-4-26(35)32-21-13-12-20(17-25(21)37-2)34-28(27(33-30(34)40)22-7-5-6-16-31-22)24-15-14-23(39-24)18-8-10-19(11-9-18)29(36)38-3/h5-17,27-28H,4H2,1-3H3,(H,32,35)(H,33,40). The molecule has 0 spiro atoms. The van der Waals surface area contributed by atoms with Crippen molar-refractivity contribution in [3.8, 4) is 17.1 Å². The van der Waals surface area contributed by atoms with E-state index in [-0.39, 0.29) is 18.0 Å². The van der Waals surface area contributed by atoms with Crippen molar-refractivity contribution in [2.45, 2.75) is 25.4 Å². The van der Waals surface area contributed by atoms with Crippen LogP contribution in [0.3, 0.4) is 0 Å². The first-order valence-corrected chi connectivity index (χ1v) is 13.1. The van der Waals surface area contributed by atoms with Crippen molar-refractivity contribution in [3.63, 3.8) is 0 Å². The molecule has 0 aliphatic carbocycles. The highest BCUT2D eigenvalue weighted by atomic mass is 32.1. The van der Waals surface area contributed by atoms with Crippen LogP contribution in [0.15, 0.2) is 83.4 Å². The summed E-state index contributed by atoms with van der Waals surface area (Å²) < 4.78 is 16.8. The van der Waals surface area contributed by atoms with Crippen molar-refractivity contribution in [1.29, 1.82) is 0 Å². The summed E-state index contributed by atoms with van der Waals surface area (Å²) in [6, 6.07) is 21.4. The Hall–Kier alpha value is -4.70. The number of ether oxygens (including phenoxy) is 2. The van der Waals surface area contributed by atoms with Gasteiger partial charge in [-0.1, -0.05) is 25.1 Å². The van der Waals surface area contributed by atoms with Crippen molar-refractivity contribution in [1.82, 2.24) is 10.3 Å². The fraction of sp³-hybridized carbons (Fsp3) is 0.200.